The molecule has 4 heteroatoms. The van der Waals surface area contributed by atoms with Crippen molar-refractivity contribution in [2.75, 3.05) is 26.8 Å². The summed E-state index contributed by atoms with van der Waals surface area (Å²) in [5, 5.41) is 9.28. The largest absolute Gasteiger partial charge is 0.480 e. The standard InChI is InChI=1S/C11H23NO3/c1-5-7-11(3,10(13)14)12(6-2)8-9-15-4/h5-9H2,1-4H3,(H,13,14). The number of likely N-dealkylation sites (N-methyl/N-ethyl adjacent to an activating group) is 1. The van der Waals surface area contributed by atoms with Crippen molar-refractivity contribution in [3.05, 3.63) is 0 Å². The summed E-state index contributed by atoms with van der Waals surface area (Å²) in [5.74, 6) is -0.748. The number of methoxy groups -OCH3 is 1. The van der Waals surface area contributed by atoms with Gasteiger partial charge in [-0.1, -0.05) is 20.3 Å². The fourth-order valence-corrected chi connectivity index (χ4v) is 1.84. The lowest BCUT2D eigenvalue weighted by atomic mass is 9.94. The minimum atomic E-state index is -0.762. The molecule has 0 bridgehead atoms. The van der Waals surface area contributed by atoms with Gasteiger partial charge in [-0.25, -0.2) is 0 Å². The van der Waals surface area contributed by atoms with E-state index in [4.69, 9.17) is 4.74 Å². The highest BCUT2D eigenvalue weighted by Gasteiger charge is 2.37. The van der Waals surface area contributed by atoms with E-state index in [9.17, 15) is 9.90 Å². The van der Waals surface area contributed by atoms with Crippen molar-refractivity contribution < 1.29 is 14.6 Å². The summed E-state index contributed by atoms with van der Waals surface area (Å²) in [4.78, 5) is 13.3. The van der Waals surface area contributed by atoms with E-state index >= 15 is 0 Å². The molecule has 0 saturated heterocycles. The van der Waals surface area contributed by atoms with E-state index in [1.165, 1.54) is 0 Å². The molecule has 0 aliphatic heterocycles. The van der Waals surface area contributed by atoms with Gasteiger partial charge < -0.3 is 9.84 Å². The number of hydrogen-bond acceptors (Lipinski definition) is 3. The lowest BCUT2D eigenvalue weighted by molar-refractivity contribution is -0.151. The molecular formula is C11H23NO3. The predicted molar refractivity (Wildman–Crippen MR) is 60.1 cm³/mol. The minimum absolute atomic E-state index is 0.570. The van der Waals surface area contributed by atoms with E-state index in [2.05, 4.69) is 0 Å². The molecule has 1 N–H and O–H groups in total. The van der Waals surface area contributed by atoms with Gasteiger partial charge in [-0.2, -0.15) is 0 Å². The first-order valence-corrected chi connectivity index (χ1v) is 5.50. The van der Waals surface area contributed by atoms with Crippen molar-refractivity contribution in [3.63, 3.8) is 0 Å². The first kappa shape index (κ1) is 14.4. The van der Waals surface area contributed by atoms with Crippen LogP contribution in [-0.2, 0) is 9.53 Å². The van der Waals surface area contributed by atoms with Crippen molar-refractivity contribution in [2.24, 2.45) is 0 Å². The summed E-state index contributed by atoms with van der Waals surface area (Å²) in [6, 6.07) is 0. The zero-order chi connectivity index (χ0) is 11.9. The molecule has 1 unspecified atom stereocenters. The molecule has 0 aromatic rings. The Morgan fingerprint density at radius 3 is 2.40 bits per heavy atom. The summed E-state index contributed by atoms with van der Waals surface area (Å²) in [6.07, 6.45) is 1.53. The van der Waals surface area contributed by atoms with Crippen molar-refractivity contribution in [1.29, 1.82) is 0 Å². The Hall–Kier alpha value is -0.610. The van der Waals surface area contributed by atoms with E-state index in [0.717, 1.165) is 13.0 Å². The van der Waals surface area contributed by atoms with Crippen molar-refractivity contribution in [3.8, 4) is 0 Å². The Morgan fingerprint density at radius 1 is 1.47 bits per heavy atom. The van der Waals surface area contributed by atoms with Gasteiger partial charge in [-0.05, 0) is 19.9 Å². The maximum atomic E-state index is 11.3. The van der Waals surface area contributed by atoms with Crippen LogP contribution in [0.1, 0.15) is 33.6 Å². The number of ether oxygens (including phenoxy) is 1. The maximum absolute atomic E-state index is 11.3. The second-order valence-corrected chi connectivity index (χ2v) is 3.90. The summed E-state index contributed by atoms with van der Waals surface area (Å²) < 4.78 is 4.99. The number of aliphatic carboxylic acids is 1. The maximum Gasteiger partial charge on any atom is 0.323 e. The van der Waals surface area contributed by atoms with Crippen LogP contribution in [0.15, 0.2) is 0 Å². The van der Waals surface area contributed by atoms with Gasteiger partial charge in [-0.3, -0.25) is 9.69 Å². The SMILES string of the molecule is CCCC(C)(C(=O)O)N(CC)CCOC. The van der Waals surface area contributed by atoms with Crippen LogP contribution in [0.3, 0.4) is 0 Å². The number of carbonyl (C=O) groups is 1. The van der Waals surface area contributed by atoms with Gasteiger partial charge in [-0.15, -0.1) is 0 Å². The average molecular weight is 217 g/mol. The normalized spacial score (nSPS) is 15.3. The zero-order valence-electron chi connectivity index (χ0n) is 10.2. The van der Waals surface area contributed by atoms with E-state index in [0.29, 0.717) is 19.6 Å². The third-order valence-electron chi connectivity index (χ3n) is 2.84. The first-order valence-electron chi connectivity index (χ1n) is 5.50. The molecule has 90 valence electrons. The molecule has 0 aliphatic carbocycles. The lowest BCUT2D eigenvalue weighted by Crippen LogP contribution is -2.53. The van der Waals surface area contributed by atoms with Crippen molar-refractivity contribution in [1.82, 2.24) is 4.90 Å². The van der Waals surface area contributed by atoms with E-state index in [1.54, 1.807) is 14.0 Å². The average Bonchev–Trinajstić information content (AvgIpc) is 2.19. The molecule has 0 spiro atoms. The van der Waals surface area contributed by atoms with Crippen LogP contribution in [0.2, 0.25) is 0 Å². The molecule has 0 aliphatic rings. The van der Waals surface area contributed by atoms with Gasteiger partial charge in [0.2, 0.25) is 0 Å². The highest BCUT2D eigenvalue weighted by molar-refractivity contribution is 5.78. The Bertz CT molecular complexity index is 196. The molecule has 0 aromatic heterocycles. The van der Waals surface area contributed by atoms with Crippen LogP contribution in [0.4, 0.5) is 0 Å². The van der Waals surface area contributed by atoms with Gasteiger partial charge in [0, 0.05) is 13.7 Å². The Balaban J connectivity index is 4.61. The molecule has 0 saturated carbocycles. The van der Waals surface area contributed by atoms with Gasteiger partial charge in [0.05, 0.1) is 6.61 Å². The molecule has 0 amide bonds. The smallest absolute Gasteiger partial charge is 0.323 e. The molecular weight excluding hydrogens is 194 g/mol. The second-order valence-electron chi connectivity index (χ2n) is 3.90. The zero-order valence-corrected chi connectivity index (χ0v) is 10.2. The molecule has 1 atom stereocenters. The van der Waals surface area contributed by atoms with Crippen LogP contribution in [0.25, 0.3) is 0 Å². The highest BCUT2D eigenvalue weighted by atomic mass is 16.5. The number of carboxylic acids is 1. The van der Waals surface area contributed by atoms with Crippen LogP contribution < -0.4 is 0 Å². The van der Waals surface area contributed by atoms with Gasteiger partial charge in [0.15, 0.2) is 0 Å². The topological polar surface area (TPSA) is 49.8 Å². The van der Waals surface area contributed by atoms with E-state index in [-0.39, 0.29) is 0 Å². The Labute approximate surface area is 92.2 Å². The molecule has 0 radical (unpaired) electrons. The van der Waals surface area contributed by atoms with Gasteiger partial charge in [0.25, 0.3) is 0 Å². The molecule has 0 heterocycles. The number of hydrogen-bond donors (Lipinski definition) is 1. The van der Waals surface area contributed by atoms with Gasteiger partial charge >= 0.3 is 5.97 Å². The van der Waals surface area contributed by atoms with Crippen molar-refractivity contribution in [2.45, 2.75) is 39.2 Å². The van der Waals surface area contributed by atoms with Crippen LogP contribution in [-0.4, -0.2) is 48.3 Å². The molecule has 0 aromatic carbocycles. The Kier molecular flexibility index (Phi) is 6.52. The highest BCUT2D eigenvalue weighted by Crippen LogP contribution is 2.21. The monoisotopic (exact) mass is 217 g/mol. The summed E-state index contributed by atoms with van der Waals surface area (Å²) in [6.45, 7) is 7.73. The third-order valence-corrected chi connectivity index (χ3v) is 2.84. The van der Waals surface area contributed by atoms with E-state index in [1.807, 2.05) is 18.7 Å². The minimum Gasteiger partial charge on any atom is -0.480 e. The number of carboxylic acid groups (broad SMARTS) is 1. The quantitative estimate of drug-likeness (QED) is 0.671. The summed E-state index contributed by atoms with van der Waals surface area (Å²) in [7, 11) is 1.63. The lowest BCUT2D eigenvalue weighted by Gasteiger charge is -2.37. The number of nitrogens with zero attached hydrogens (tertiary/aromatic N) is 1. The predicted octanol–water partition coefficient (Wildman–Crippen LogP) is 1.60. The second kappa shape index (κ2) is 6.80. The van der Waals surface area contributed by atoms with Gasteiger partial charge in [0.1, 0.15) is 5.54 Å². The number of rotatable bonds is 8. The van der Waals surface area contributed by atoms with Crippen molar-refractivity contribution >= 4 is 5.97 Å². The van der Waals surface area contributed by atoms with E-state index < -0.39 is 11.5 Å². The molecule has 4 nitrogen and oxygen atoms in total. The van der Waals surface area contributed by atoms with Crippen LogP contribution >= 0.6 is 0 Å². The molecule has 0 fully saturated rings. The first-order chi connectivity index (χ1) is 7.02. The summed E-state index contributed by atoms with van der Waals surface area (Å²) in [5.41, 5.74) is -0.762. The van der Waals surface area contributed by atoms with Crippen LogP contribution in [0.5, 0.6) is 0 Å². The van der Waals surface area contributed by atoms with Crippen LogP contribution in [0, 0.1) is 0 Å². The fourth-order valence-electron chi connectivity index (χ4n) is 1.84. The molecule has 0 rings (SSSR count). The fraction of sp³-hybridized carbons (Fsp3) is 0.909. The third kappa shape index (κ3) is 3.80. The molecule has 15 heavy (non-hydrogen) atoms. The Morgan fingerprint density at radius 2 is 2.07 bits per heavy atom. The summed E-state index contributed by atoms with van der Waals surface area (Å²) >= 11 is 0.